The van der Waals surface area contributed by atoms with Gasteiger partial charge < -0.3 is 29.2 Å². The summed E-state index contributed by atoms with van der Waals surface area (Å²) in [7, 11) is 3.99. The summed E-state index contributed by atoms with van der Waals surface area (Å²) in [5.74, 6) is -0.627. The van der Waals surface area contributed by atoms with Crippen LogP contribution in [-0.2, 0) is 19.0 Å². The summed E-state index contributed by atoms with van der Waals surface area (Å²) in [6.45, 7) is 0. The van der Waals surface area contributed by atoms with Crippen LogP contribution in [0.5, 0.6) is 5.75 Å². The van der Waals surface area contributed by atoms with E-state index in [1.165, 1.54) is 27.4 Å². The molecule has 61 heavy (non-hydrogen) atoms. The van der Waals surface area contributed by atoms with Gasteiger partial charge in [0, 0.05) is 40.3 Å². The van der Waals surface area contributed by atoms with E-state index in [9.17, 15) is 19.2 Å². The zero-order chi connectivity index (χ0) is 42.5. The number of nitrogens with zero attached hydrogens (tertiary/aromatic N) is 2. The minimum atomic E-state index is -0.472. The van der Waals surface area contributed by atoms with Crippen molar-refractivity contribution in [2.45, 2.75) is 0 Å². The van der Waals surface area contributed by atoms with Crippen molar-refractivity contribution in [2.75, 3.05) is 21.3 Å². The lowest BCUT2D eigenvalue weighted by atomic mass is 9.97. The number of aromatic nitrogens is 1. The number of allylic oxidation sites excluding steroid dienone is 5. The maximum Gasteiger partial charge on any atom is 0.337 e. The van der Waals surface area contributed by atoms with E-state index in [0.717, 1.165) is 16.7 Å². The molecule has 12 heteroatoms. The average molecular weight is 809 g/mol. The third kappa shape index (κ3) is 8.32. The van der Waals surface area contributed by atoms with Gasteiger partial charge in [0.25, 0.3) is 0 Å². The molecule has 4 heterocycles. The SMILES string of the molecule is COC(=O)c1ccc(/C(C2=N/C(=C(/c3ccc(C(=O)OC)cc3)c3ccc(/C(=C4/C=CC(Oc5ccccc5)=N4)c4ccc(C(=O)OC)cc4)[nH]3)C=C2)=C2\C=CC(=O)N2)cc1. The smallest absolute Gasteiger partial charge is 0.337 e. The van der Waals surface area contributed by atoms with Gasteiger partial charge in [-0.15, -0.1) is 0 Å². The number of aromatic amines is 1. The maximum atomic E-state index is 12.4. The molecule has 0 radical (unpaired) electrons. The Hall–Kier alpha value is -8.38. The number of ether oxygens (including phenoxy) is 4. The van der Waals surface area contributed by atoms with E-state index in [1.807, 2.05) is 85.0 Å². The number of hydrogen-bond acceptors (Lipinski definition) is 10. The second kappa shape index (κ2) is 17.2. The second-order valence-corrected chi connectivity index (χ2v) is 13.7. The zero-order valence-corrected chi connectivity index (χ0v) is 33.1. The minimum absolute atomic E-state index is 0.271. The Morgan fingerprint density at radius 3 is 1.41 bits per heavy atom. The van der Waals surface area contributed by atoms with Gasteiger partial charge in [-0.2, -0.15) is 0 Å². The van der Waals surface area contributed by atoms with E-state index in [2.05, 4.69) is 10.3 Å². The second-order valence-electron chi connectivity index (χ2n) is 13.7. The topological polar surface area (TPSA) is 158 Å². The lowest BCUT2D eigenvalue weighted by Gasteiger charge is -2.13. The molecule has 0 spiro atoms. The van der Waals surface area contributed by atoms with Gasteiger partial charge in [-0.1, -0.05) is 54.6 Å². The third-order valence-corrected chi connectivity index (χ3v) is 9.93. The molecule has 0 atom stereocenters. The van der Waals surface area contributed by atoms with Gasteiger partial charge in [0.2, 0.25) is 11.8 Å². The summed E-state index contributed by atoms with van der Waals surface area (Å²) in [5.41, 5.74) is 9.12. The van der Waals surface area contributed by atoms with Crippen molar-refractivity contribution in [3.05, 3.63) is 214 Å². The molecule has 5 aromatic rings. The van der Waals surface area contributed by atoms with Gasteiger partial charge in [0.05, 0.1) is 60.8 Å². The average Bonchev–Trinajstić information content (AvgIpc) is 4.15. The van der Waals surface area contributed by atoms with Crippen LogP contribution in [0.3, 0.4) is 0 Å². The van der Waals surface area contributed by atoms with Crippen LogP contribution in [0, 0.1) is 0 Å². The van der Waals surface area contributed by atoms with Crippen LogP contribution >= 0.6 is 0 Å². The number of para-hydroxylation sites is 1. The Morgan fingerprint density at radius 1 is 0.475 bits per heavy atom. The number of amides is 1. The molecule has 1 amide bonds. The Balaban J connectivity index is 1.26. The number of esters is 3. The summed E-state index contributed by atoms with van der Waals surface area (Å²) in [6.07, 6.45) is 10.5. The largest absolute Gasteiger partial charge is 0.465 e. The first-order valence-corrected chi connectivity index (χ1v) is 19.0. The highest BCUT2D eigenvalue weighted by molar-refractivity contribution is 6.32. The quantitative estimate of drug-likeness (QED) is 0.106. The Labute approximate surface area is 350 Å². The fourth-order valence-electron chi connectivity index (χ4n) is 6.99. The standard InChI is InChI=1S/C49H36N4O8/c1-58-47(55)32-15-9-29(10-16-32)44(36-21-23-38(50-36)45(40-25-27-42(54)52-40)30-11-17-33(18-12-30)48(56)59-2)37-22-24-39(51-37)46(31-13-19-34(20-14-31)49(57)60-3)41-26-28-43(53-41)61-35-7-5-4-6-8-35/h4-28,51H,1-3H3,(H,52,54)/b44-36-,45-40-,46-41-. The summed E-state index contributed by atoms with van der Waals surface area (Å²) < 4.78 is 20.9. The van der Waals surface area contributed by atoms with E-state index in [0.29, 0.717) is 79.2 Å². The highest BCUT2D eigenvalue weighted by Crippen LogP contribution is 2.37. The van der Waals surface area contributed by atoms with Gasteiger partial charge in [0.1, 0.15) is 5.75 Å². The van der Waals surface area contributed by atoms with Crippen LogP contribution in [0.4, 0.5) is 0 Å². The molecule has 3 aliphatic rings. The van der Waals surface area contributed by atoms with Crippen molar-refractivity contribution >= 4 is 52.1 Å². The van der Waals surface area contributed by atoms with Gasteiger partial charge >= 0.3 is 17.9 Å². The molecule has 300 valence electrons. The monoisotopic (exact) mass is 808 g/mol. The van der Waals surface area contributed by atoms with Crippen LogP contribution in [0.1, 0.15) is 59.2 Å². The first-order valence-electron chi connectivity index (χ1n) is 19.0. The number of rotatable bonds is 10. The first kappa shape index (κ1) is 39.4. The predicted octanol–water partition coefficient (Wildman–Crippen LogP) is 8.05. The van der Waals surface area contributed by atoms with E-state index < -0.39 is 17.9 Å². The highest BCUT2D eigenvalue weighted by Gasteiger charge is 2.25. The van der Waals surface area contributed by atoms with Crippen LogP contribution in [0.2, 0.25) is 0 Å². The van der Waals surface area contributed by atoms with Gasteiger partial charge in [-0.25, -0.2) is 24.4 Å². The third-order valence-electron chi connectivity index (χ3n) is 9.93. The number of methoxy groups -OCH3 is 3. The lowest BCUT2D eigenvalue weighted by molar-refractivity contribution is -0.115. The van der Waals surface area contributed by atoms with E-state index in [1.54, 1.807) is 60.7 Å². The van der Waals surface area contributed by atoms with Crippen LogP contribution in [-0.4, -0.2) is 61.7 Å². The van der Waals surface area contributed by atoms with Crippen molar-refractivity contribution < 1.29 is 38.1 Å². The summed E-state index contributed by atoms with van der Waals surface area (Å²) in [5, 5.41) is 2.90. The van der Waals surface area contributed by atoms with E-state index in [-0.39, 0.29) is 5.91 Å². The fourth-order valence-corrected chi connectivity index (χ4v) is 6.99. The number of carbonyl (C=O) groups is 4. The van der Waals surface area contributed by atoms with Gasteiger partial charge in [-0.3, -0.25) is 4.79 Å². The first-order chi connectivity index (χ1) is 29.7. The lowest BCUT2D eigenvalue weighted by Crippen LogP contribution is -2.16. The summed E-state index contributed by atoms with van der Waals surface area (Å²) >= 11 is 0. The Kier molecular flexibility index (Phi) is 11.1. The number of carbonyl (C=O) groups excluding carboxylic acids is 4. The van der Waals surface area contributed by atoms with Crippen molar-refractivity contribution in [3.63, 3.8) is 0 Å². The molecular weight excluding hydrogens is 773 g/mol. The molecule has 12 nitrogen and oxygen atoms in total. The van der Waals surface area contributed by atoms with Crippen molar-refractivity contribution in [2.24, 2.45) is 9.98 Å². The van der Waals surface area contributed by atoms with Gasteiger partial charge in [-0.05, 0) is 102 Å². The molecule has 2 N–H and O–H groups in total. The number of hydrogen-bond donors (Lipinski definition) is 2. The van der Waals surface area contributed by atoms with E-state index >= 15 is 0 Å². The minimum Gasteiger partial charge on any atom is -0.465 e. The molecule has 8 rings (SSSR count). The predicted molar refractivity (Wildman–Crippen MR) is 231 cm³/mol. The van der Waals surface area contributed by atoms with Crippen LogP contribution < -0.4 is 10.1 Å². The molecule has 4 aromatic carbocycles. The van der Waals surface area contributed by atoms with Crippen LogP contribution in [0.15, 0.2) is 179 Å². The van der Waals surface area contributed by atoms with Crippen molar-refractivity contribution in [3.8, 4) is 5.75 Å². The molecule has 0 bridgehead atoms. The summed E-state index contributed by atoms with van der Waals surface area (Å²) in [6, 6.07) is 34.2. The normalized spacial score (nSPS) is 16.4. The molecule has 3 aliphatic heterocycles. The Morgan fingerprint density at radius 2 is 0.934 bits per heavy atom. The number of nitrogens with one attached hydrogen (secondary N) is 2. The highest BCUT2D eigenvalue weighted by atomic mass is 16.5. The fraction of sp³-hybridized carbons (Fsp3) is 0.0612. The Bertz CT molecular complexity index is 2840. The molecule has 1 aromatic heterocycles. The van der Waals surface area contributed by atoms with Crippen molar-refractivity contribution in [1.82, 2.24) is 10.3 Å². The molecule has 0 aliphatic carbocycles. The number of H-pyrrole nitrogens is 1. The molecule has 0 fully saturated rings. The summed E-state index contributed by atoms with van der Waals surface area (Å²) in [4.78, 5) is 63.0. The molecule has 0 saturated carbocycles. The molecule has 0 saturated heterocycles. The maximum absolute atomic E-state index is 12.4. The van der Waals surface area contributed by atoms with Gasteiger partial charge in [0.15, 0.2) is 0 Å². The van der Waals surface area contributed by atoms with Crippen molar-refractivity contribution in [1.29, 1.82) is 0 Å². The zero-order valence-electron chi connectivity index (χ0n) is 33.1. The molecular formula is C49H36N4O8. The number of benzene rings is 4. The molecule has 0 unspecified atom stereocenters. The van der Waals surface area contributed by atoms with E-state index in [4.69, 9.17) is 28.9 Å². The van der Waals surface area contributed by atoms with Crippen LogP contribution in [0.25, 0.3) is 16.7 Å². The number of aliphatic imine (C=N–C) groups is 2.